The Balaban J connectivity index is 1.92. The minimum Gasteiger partial charge on any atom is -0.367 e. The molecule has 0 radical (unpaired) electrons. The zero-order chi connectivity index (χ0) is 13.2. The molecule has 1 N–H and O–H groups in total. The zero-order valence-corrected chi connectivity index (χ0v) is 11.5. The van der Waals surface area contributed by atoms with Crippen LogP contribution in [0.4, 0.5) is 11.5 Å². The topological polar surface area (TPSA) is 41.1 Å². The fourth-order valence-corrected chi connectivity index (χ4v) is 2.45. The average Bonchev–Trinajstić information content (AvgIpc) is 2.42. The molecule has 0 saturated carbocycles. The van der Waals surface area contributed by atoms with E-state index in [-0.39, 0.29) is 0 Å². The molecule has 19 heavy (non-hydrogen) atoms. The van der Waals surface area contributed by atoms with Crippen molar-refractivity contribution in [3.8, 4) is 0 Å². The van der Waals surface area contributed by atoms with Crippen LogP contribution < -0.4 is 10.2 Å². The van der Waals surface area contributed by atoms with Gasteiger partial charge in [-0.25, -0.2) is 9.97 Å². The number of nitrogens with zero attached hydrogens (tertiary/aromatic N) is 3. The van der Waals surface area contributed by atoms with E-state index in [1.54, 1.807) is 6.20 Å². The van der Waals surface area contributed by atoms with Gasteiger partial charge in [-0.15, -0.1) is 0 Å². The molecule has 0 saturated heterocycles. The molecule has 0 atom stereocenters. The van der Waals surface area contributed by atoms with Crippen molar-refractivity contribution in [1.29, 1.82) is 0 Å². The first-order valence-electron chi connectivity index (χ1n) is 6.29. The number of halogens is 1. The van der Waals surface area contributed by atoms with Crippen molar-refractivity contribution in [2.24, 2.45) is 0 Å². The minimum atomic E-state index is 0.572. The van der Waals surface area contributed by atoms with Gasteiger partial charge in [0.15, 0.2) is 0 Å². The average molecular weight is 275 g/mol. The molecular formula is C14H15ClN4. The number of aryl methyl sites for hydroxylation is 1. The van der Waals surface area contributed by atoms with Gasteiger partial charge in [-0.3, -0.25) is 0 Å². The van der Waals surface area contributed by atoms with Crippen LogP contribution in [0.5, 0.6) is 0 Å². The monoisotopic (exact) mass is 274 g/mol. The van der Waals surface area contributed by atoms with Crippen molar-refractivity contribution < 1.29 is 0 Å². The van der Waals surface area contributed by atoms with Crippen LogP contribution in [0.15, 0.2) is 30.6 Å². The van der Waals surface area contributed by atoms with Gasteiger partial charge in [0.05, 0.1) is 5.69 Å². The number of nitrogens with one attached hydrogen (secondary N) is 1. The van der Waals surface area contributed by atoms with E-state index in [4.69, 9.17) is 11.6 Å². The van der Waals surface area contributed by atoms with Crippen molar-refractivity contribution in [3.05, 3.63) is 46.9 Å². The van der Waals surface area contributed by atoms with E-state index in [0.29, 0.717) is 5.15 Å². The first kappa shape index (κ1) is 12.2. The predicted molar refractivity (Wildman–Crippen MR) is 77.8 cm³/mol. The molecule has 0 fully saturated rings. The Morgan fingerprint density at radius 3 is 3.16 bits per heavy atom. The number of fused-ring (bicyclic) bond motifs is 1. The molecule has 0 aromatic carbocycles. The number of hydrogen-bond donors (Lipinski definition) is 1. The summed E-state index contributed by atoms with van der Waals surface area (Å²) in [6.07, 6.45) is 3.59. The molecule has 0 aliphatic carbocycles. The molecule has 1 aliphatic rings. The SMILES string of the molecule is Cc1cnc2c(c1)N(Cc1cccnc1Cl)CCN2. The maximum atomic E-state index is 6.13. The summed E-state index contributed by atoms with van der Waals surface area (Å²) in [4.78, 5) is 10.8. The van der Waals surface area contributed by atoms with Crippen LogP contribution in [0.25, 0.3) is 0 Å². The normalized spacial score (nSPS) is 13.9. The van der Waals surface area contributed by atoms with Crippen molar-refractivity contribution in [2.75, 3.05) is 23.3 Å². The van der Waals surface area contributed by atoms with Crippen molar-refractivity contribution in [3.63, 3.8) is 0 Å². The molecule has 2 aromatic heterocycles. The highest BCUT2D eigenvalue weighted by Crippen LogP contribution is 2.29. The smallest absolute Gasteiger partial charge is 0.149 e. The second-order valence-corrected chi connectivity index (χ2v) is 5.04. The molecule has 3 heterocycles. The lowest BCUT2D eigenvalue weighted by Crippen LogP contribution is -2.34. The Morgan fingerprint density at radius 1 is 1.42 bits per heavy atom. The summed E-state index contributed by atoms with van der Waals surface area (Å²) in [5.41, 5.74) is 3.33. The van der Waals surface area contributed by atoms with Gasteiger partial charge in [0.1, 0.15) is 11.0 Å². The Kier molecular flexibility index (Phi) is 3.25. The lowest BCUT2D eigenvalue weighted by molar-refractivity contribution is 0.777. The minimum absolute atomic E-state index is 0.572. The lowest BCUT2D eigenvalue weighted by Gasteiger charge is -2.31. The largest absolute Gasteiger partial charge is 0.367 e. The molecule has 0 unspecified atom stereocenters. The van der Waals surface area contributed by atoms with Crippen LogP contribution >= 0.6 is 11.6 Å². The predicted octanol–water partition coefficient (Wildman–Crippen LogP) is 2.87. The van der Waals surface area contributed by atoms with Crippen molar-refractivity contribution in [2.45, 2.75) is 13.5 Å². The Labute approximate surface area is 117 Å². The fraction of sp³-hybridized carbons (Fsp3) is 0.286. The van der Waals surface area contributed by atoms with Gasteiger partial charge in [-0.1, -0.05) is 17.7 Å². The van der Waals surface area contributed by atoms with Gasteiger partial charge >= 0.3 is 0 Å². The standard InChI is InChI=1S/C14H15ClN4/c1-10-7-12-14(18-8-10)17-5-6-19(12)9-11-3-2-4-16-13(11)15/h2-4,7-8H,5-6,9H2,1H3,(H,17,18). The van der Waals surface area contributed by atoms with E-state index in [2.05, 4.69) is 33.2 Å². The van der Waals surface area contributed by atoms with Gasteiger partial charge < -0.3 is 10.2 Å². The van der Waals surface area contributed by atoms with Crippen LogP contribution in [0.3, 0.4) is 0 Å². The second-order valence-electron chi connectivity index (χ2n) is 4.68. The number of anilines is 2. The van der Waals surface area contributed by atoms with Crippen LogP contribution in [0.2, 0.25) is 5.15 Å². The molecule has 1 aliphatic heterocycles. The summed E-state index contributed by atoms with van der Waals surface area (Å²) in [5, 5.41) is 3.89. The lowest BCUT2D eigenvalue weighted by atomic mass is 10.2. The van der Waals surface area contributed by atoms with Gasteiger partial charge in [-0.05, 0) is 24.6 Å². The third-order valence-electron chi connectivity index (χ3n) is 3.22. The Hall–Kier alpha value is -1.81. The van der Waals surface area contributed by atoms with Crippen LogP contribution in [-0.2, 0) is 6.54 Å². The highest BCUT2D eigenvalue weighted by molar-refractivity contribution is 6.30. The van der Waals surface area contributed by atoms with Crippen LogP contribution in [0.1, 0.15) is 11.1 Å². The second kappa shape index (κ2) is 5.05. The number of aromatic nitrogens is 2. The fourth-order valence-electron chi connectivity index (χ4n) is 2.27. The van der Waals surface area contributed by atoms with Gasteiger partial charge in [0, 0.05) is 37.6 Å². The highest BCUT2D eigenvalue weighted by Gasteiger charge is 2.18. The quantitative estimate of drug-likeness (QED) is 0.855. The van der Waals surface area contributed by atoms with Crippen molar-refractivity contribution in [1.82, 2.24) is 9.97 Å². The van der Waals surface area contributed by atoms with E-state index in [1.165, 1.54) is 0 Å². The summed E-state index contributed by atoms with van der Waals surface area (Å²) in [7, 11) is 0. The van der Waals surface area contributed by atoms with Gasteiger partial charge in [0.2, 0.25) is 0 Å². The van der Waals surface area contributed by atoms with E-state index in [9.17, 15) is 0 Å². The van der Waals surface area contributed by atoms with E-state index < -0.39 is 0 Å². The number of hydrogen-bond acceptors (Lipinski definition) is 4. The molecule has 4 nitrogen and oxygen atoms in total. The number of rotatable bonds is 2. The summed E-state index contributed by atoms with van der Waals surface area (Å²) in [6, 6.07) is 6.08. The highest BCUT2D eigenvalue weighted by atomic mass is 35.5. The van der Waals surface area contributed by atoms with Gasteiger partial charge in [0.25, 0.3) is 0 Å². The molecular weight excluding hydrogens is 260 g/mol. The zero-order valence-electron chi connectivity index (χ0n) is 10.7. The molecule has 3 rings (SSSR count). The Bertz CT molecular complexity index is 600. The van der Waals surface area contributed by atoms with Gasteiger partial charge in [-0.2, -0.15) is 0 Å². The summed E-state index contributed by atoms with van der Waals surface area (Å²) in [5.74, 6) is 0.942. The first-order valence-corrected chi connectivity index (χ1v) is 6.67. The molecule has 5 heteroatoms. The molecule has 98 valence electrons. The molecule has 2 aromatic rings. The maximum Gasteiger partial charge on any atom is 0.149 e. The van der Waals surface area contributed by atoms with E-state index in [1.807, 2.05) is 18.3 Å². The van der Waals surface area contributed by atoms with E-state index in [0.717, 1.165) is 42.3 Å². The summed E-state index contributed by atoms with van der Waals surface area (Å²) in [6.45, 7) is 4.63. The first-order chi connectivity index (χ1) is 9.24. The number of pyridine rings is 2. The third-order valence-corrected chi connectivity index (χ3v) is 3.56. The third kappa shape index (κ3) is 2.49. The Morgan fingerprint density at radius 2 is 2.32 bits per heavy atom. The van der Waals surface area contributed by atoms with E-state index >= 15 is 0 Å². The molecule has 0 amide bonds. The van der Waals surface area contributed by atoms with Crippen LogP contribution in [0, 0.1) is 6.92 Å². The molecule has 0 spiro atoms. The van der Waals surface area contributed by atoms with Crippen molar-refractivity contribution >= 4 is 23.1 Å². The summed E-state index contributed by atoms with van der Waals surface area (Å²) < 4.78 is 0. The molecule has 0 bridgehead atoms. The van der Waals surface area contributed by atoms with Crippen LogP contribution in [-0.4, -0.2) is 23.1 Å². The maximum absolute atomic E-state index is 6.13. The summed E-state index contributed by atoms with van der Waals surface area (Å²) >= 11 is 6.13.